The Bertz CT molecular complexity index is 387. The summed E-state index contributed by atoms with van der Waals surface area (Å²) in [5.74, 6) is -0.579. The van der Waals surface area contributed by atoms with Crippen LogP contribution in [-0.2, 0) is 4.79 Å². The van der Waals surface area contributed by atoms with Gasteiger partial charge in [0.05, 0.1) is 5.70 Å². The van der Waals surface area contributed by atoms with E-state index in [0.29, 0.717) is 5.56 Å². The molecule has 0 bridgehead atoms. The Morgan fingerprint density at radius 3 is 2.40 bits per heavy atom. The SMILES string of the molecule is C=C(NNC(=O)c1ccncc1)C(C)=O. The minimum atomic E-state index is -0.347. The molecule has 1 aromatic rings. The fourth-order valence-electron chi connectivity index (χ4n) is 0.796. The van der Waals surface area contributed by atoms with Crippen molar-refractivity contribution in [1.29, 1.82) is 0 Å². The number of amides is 1. The minimum Gasteiger partial charge on any atom is -0.295 e. The molecule has 0 aliphatic rings. The van der Waals surface area contributed by atoms with Crippen molar-refractivity contribution in [2.45, 2.75) is 6.92 Å². The van der Waals surface area contributed by atoms with Gasteiger partial charge in [0.2, 0.25) is 0 Å². The molecule has 0 spiro atoms. The average molecular weight is 205 g/mol. The second kappa shape index (κ2) is 4.90. The molecule has 1 amide bonds. The largest absolute Gasteiger partial charge is 0.295 e. The van der Waals surface area contributed by atoms with Crippen LogP contribution in [0.5, 0.6) is 0 Å². The molecule has 78 valence electrons. The van der Waals surface area contributed by atoms with E-state index < -0.39 is 0 Å². The highest BCUT2D eigenvalue weighted by atomic mass is 16.2. The van der Waals surface area contributed by atoms with Gasteiger partial charge in [-0.15, -0.1) is 0 Å². The number of hydrogen-bond donors (Lipinski definition) is 2. The Labute approximate surface area is 87.2 Å². The zero-order valence-electron chi connectivity index (χ0n) is 8.28. The number of pyridine rings is 1. The first-order valence-electron chi connectivity index (χ1n) is 4.27. The zero-order valence-corrected chi connectivity index (χ0v) is 8.28. The molecule has 15 heavy (non-hydrogen) atoms. The molecule has 5 nitrogen and oxygen atoms in total. The van der Waals surface area contributed by atoms with Crippen molar-refractivity contribution < 1.29 is 9.59 Å². The number of ketones is 1. The van der Waals surface area contributed by atoms with Crippen molar-refractivity contribution in [2.24, 2.45) is 0 Å². The summed E-state index contributed by atoms with van der Waals surface area (Å²) in [6, 6.07) is 3.13. The fourth-order valence-corrected chi connectivity index (χ4v) is 0.796. The van der Waals surface area contributed by atoms with Crippen molar-refractivity contribution in [3.05, 3.63) is 42.4 Å². The molecule has 0 saturated heterocycles. The number of Topliss-reactive ketones (excluding diaryl/α,β-unsaturated/α-hetero) is 1. The molecule has 0 aromatic carbocycles. The van der Waals surface area contributed by atoms with Crippen molar-refractivity contribution in [3.8, 4) is 0 Å². The summed E-state index contributed by atoms with van der Waals surface area (Å²) in [6.45, 7) is 4.79. The first kappa shape index (κ1) is 10.9. The lowest BCUT2D eigenvalue weighted by Crippen LogP contribution is -2.38. The van der Waals surface area contributed by atoms with Gasteiger partial charge in [0, 0.05) is 24.9 Å². The molecule has 0 atom stereocenters. The molecule has 0 aliphatic carbocycles. The standard InChI is InChI=1S/C10H11N3O2/c1-7(8(2)14)12-13-10(15)9-3-5-11-6-4-9/h3-6,12H,1H2,2H3,(H,13,15). The van der Waals surface area contributed by atoms with Crippen LogP contribution in [-0.4, -0.2) is 16.7 Å². The second-order valence-electron chi connectivity index (χ2n) is 2.85. The van der Waals surface area contributed by atoms with E-state index in [1.165, 1.54) is 19.3 Å². The van der Waals surface area contributed by atoms with Crippen LogP contribution in [0, 0.1) is 0 Å². The van der Waals surface area contributed by atoms with Gasteiger partial charge in [0.15, 0.2) is 5.78 Å². The molecule has 0 fully saturated rings. The van der Waals surface area contributed by atoms with Crippen molar-refractivity contribution >= 4 is 11.7 Å². The normalized spacial score (nSPS) is 9.13. The first-order chi connectivity index (χ1) is 7.11. The maximum absolute atomic E-state index is 11.4. The predicted molar refractivity (Wildman–Crippen MR) is 54.7 cm³/mol. The summed E-state index contributed by atoms with van der Waals surface area (Å²) in [7, 11) is 0. The highest BCUT2D eigenvalue weighted by Gasteiger charge is 2.05. The van der Waals surface area contributed by atoms with E-state index in [9.17, 15) is 9.59 Å². The van der Waals surface area contributed by atoms with Crippen LogP contribution in [0.25, 0.3) is 0 Å². The number of hydrogen-bond acceptors (Lipinski definition) is 4. The summed E-state index contributed by atoms with van der Waals surface area (Å²) >= 11 is 0. The number of nitrogens with one attached hydrogen (secondary N) is 2. The third-order valence-corrected chi connectivity index (χ3v) is 1.69. The average Bonchev–Trinajstić information content (AvgIpc) is 2.26. The van der Waals surface area contributed by atoms with Gasteiger partial charge in [0.25, 0.3) is 5.91 Å². The molecule has 1 rings (SSSR count). The zero-order chi connectivity index (χ0) is 11.3. The summed E-state index contributed by atoms with van der Waals surface area (Å²) in [4.78, 5) is 26.0. The van der Waals surface area contributed by atoms with Crippen molar-refractivity contribution in [2.75, 3.05) is 0 Å². The van der Waals surface area contributed by atoms with Crippen LogP contribution < -0.4 is 10.9 Å². The van der Waals surface area contributed by atoms with Gasteiger partial charge in [-0.05, 0) is 12.1 Å². The lowest BCUT2D eigenvalue weighted by Gasteiger charge is -2.07. The van der Waals surface area contributed by atoms with Gasteiger partial charge in [-0.1, -0.05) is 6.58 Å². The summed E-state index contributed by atoms with van der Waals surface area (Å²) < 4.78 is 0. The summed E-state index contributed by atoms with van der Waals surface area (Å²) in [6.07, 6.45) is 3.02. The van der Waals surface area contributed by atoms with Gasteiger partial charge in [-0.25, -0.2) is 0 Å². The Balaban J connectivity index is 2.51. The molecule has 0 radical (unpaired) electrons. The number of carbonyl (C=O) groups is 2. The van der Waals surface area contributed by atoms with Crippen molar-refractivity contribution in [1.82, 2.24) is 15.8 Å². The molecule has 0 unspecified atom stereocenters. The smallest absolute Gasteiger partial charge is 0.269 e. The highest BCUT2D eigenvalue weighted by Crippen LogP contribution is 1.94. The van der Waals surface area contributed by atoms with E-state index in [2.05, 4.69) is 22.4 Å². The highest BCUT2D eigenvalue weighted by molar-refractivity contribution is 5.95. The van der Waals surface area contributed by atoms with Crippen LogP contribution >= 0.6 is 0 Å². The Morgan fingerprint density at radius 2 is 1.87 bits per heavy atom. The molecule has 2 N–H and O–H groups in total. The van der Waals surface area contributed by atoms with Crippen LogP contribution in [0.1, 0.15) is 17.3 Å². The van der Waals surface area contributed by atoms with Crippen molar-refractivity contribution in [3.63, 3.8) is 0 Å². The molecular weight excluding hydrogens is 194 g/mol. The van der Waals surface area contributed by atoms with E-state index >= 15 is 0 Å². The summed E-state index contributed by atoms with van der Waals surface area (Å²) in [5.41, 5.74) is 5.35. The van der Waals surface area contributed by atoms with E-state index in [4.69, 9.17) is 0 Å². The van der Waals surface area contributed by atoms with E-state index in [1.807, 2.05) is 0 Å². The fraction of sp³-hybridized carbons (Fsp3) is 0.100. The Morgan fingerprint density at radius 1 is 1.27 bits per heavy atom. The van der Waals surface area contributed by atoms with Gasteiger partial charge in [-0.2, -0.15) is 0 Å². The maximum atomic E-state index is 11.4. The van der Waals surface area contributed by atoms with Gasteiger partial charge >= 0.3 is 0 Å². The molecule has 1 aromatic heterocycles. The maximum Gasteiger partial charge on any atom is 0.269 e. The topological polar surface area (TPSA) is 71.1 Å². The predicted octanol–water partition coefficient (Wildman–Crippen LogP) is 0.419. The first-order valence-corrected chi connectivity index (χ1v) is 4.27. The molecule has 5 heteroatoms. The van der Waals surface area contributed by atoms with Crippen LogP contribution in [0.3, 0.4) is 0 Å². The lowest BCUT2D eigenvalue weighted by molar-refractivity contribution is -0.114. The number of carbonyl (C=O) groups excluding carboxylic acids is 2. The lowest BCUT2D eigenvalue weighted by atomic mass is 10.2. The monoisotopic (exact) mass is 205 g/mol. The molecular formula is C10H11N3O2. The number of nitrogens with zero attached hydrogens (tertiary/aromatic N) is 1. The third kappa shape index (κ3) is 3.22. The Hall–Kier alpha value is -2.17. The van der Waals surface area contributed by atoms with Gasteiger partial charge < -0.3 is 0 Å². The number of allylic oxidation sites excluding steroid dienone is 1. The van der Waals surface area contributed by atoms with Crippen LogP contribution in [0.15, 0.2) is 36.8 Å². The van der Waals surface area contributed by atoms with Crippen LogP contribution in [0.4, 0.5) is 0 Å². The number of rotatable bonds is 4. The number of aromatic nitrogens is 1. The summed E-state index contributed by atoms with van der Waals surface area (Å²) in [5, 5.41) is 0. The van der Waals surface area contributed by atoms with Gasteiger partial charge in [-0.3, -0.25) is 25.4 Å². The second-order valence-corrected chi connectivity index (χ2v) is 2.85. The van der Waals surface area contributed by atoms with E-state index in [0.717, 1.165) is 0 Å². The quantitative estimate of drug-likeness (QED) is 0.552. The minimum absolute atomic E-state index is 0.136. The number of hydrazine groups is 1. The molecule has 0 aliphatic heterocycles. The van der Waals surface area contributed by atoms with Gasteiger partial charge in [0.1, 0.15) is 0 Å². The van der Waals surface area contributed by atoms with E-state index in [-0.39, 0.29) is 17.4 Å². The molecule has 0 saturated carbocycles. The van der Waals surface area contributed by atoms with Crippen LogP contribution in [0.2, 0.25) is 0 Å². The van der Waals surface area contributed by atoms with E-state index in [1.54, 1.807) is 12.1 Å². The Kier molecular flexibility index (Phi) is 3.56. The molecule has 1 heterocycles. The third-order valence-electron chi connectivity index (χ3n) is 1.69.